The number of halogens is 3. The van der Waals surface area contributed by atoms with Gasteiger partial charge in [-0.05, 0) is 30.7 Å². The molecule has 0 saturated carbocycles. The molecule has 0 saturated heterocycles. The van der Waals surface area contributed by atoms with Crippen LogP contribution in [0.25, 0.3) is 16.9 Å². The Morgan fingerprint density at radius 1 is 1.13 bits per heavy atom. The number of aryl methyl sites for hydroxylation is 1. The maximum absolute atomic E-state index is 13.5. The van der Waals surface area contributed by atoms with Gasteiger partial charge in [-0.3, -0.25) is 9.36 Å². The Morgan fingerprint density at radius 2 is 1.87 bits per heavy atom. The average molecular weight is 425 g/mol. The van der Waals surface area contributed by atoms with Crippen LogP contribution in [-0.2, 0) is 12.7 Å². The predicted octanol–water partition coefficient (Wildman–Crippen LogP) is 4.46. The van der Waals surface area contributed by atoms with Crippen LogP contribution in [-0.4, -0.2) is 20.4 Å². The summed E-state index contributed by atoms with van der Waals surface area (Å²) in [5.41, 5.74) is 6.84. The van der Waals surface area contributed by atoms with Crippen LogP contribution in [0.15, 0.2) is 60.8 Å². The molecule has 2 aromatic carbocycles. The third kappa shape index (κ3) is 3.94. The minimum absolute atomic E-state index is 0.0534. The molecule has 2 aromatic heterocycles. The van der Waals surface area contributed by atoms with E-state index in [1.54, 1.807) is 60.0 Å². The highest BCUT2D eigenvalue weighted by atomic mass is 19.4. The number of nitrogens with zero attached hydrogens (tertiary/aromatic N) is 3. The number of carbonyl (C=O) groups excluding carboxylic acids is 1. The lowest BCUT2D eigenvalue weighted by Crippen LogP contribution is -2.15. The van der Waals surface area contributed by atoms with Crippen LogP contribution in [0.4, 0.5) is 19.0 Å². The van der Waals surface area contributed by atoms with E-state index < -0.39 is 17.6 Å². The zero-order valence-electron chi connectivity index (χ0n) is 16.4. The van der Waals surface area contributed by atoms with E-state index in [9.17, 15) is 18.0 Å². The minimum atomic E-state index is -4.62. The number of aromatic nitrogens is 3. The average Bonchev–Trinajstić information content (AvgIpc) is 3.07. The van der Waals surface area contributed by atoms with Crippen molar-refractivity contribution >= 4 is 22.6 Å². The maximum Gasteiger partial charge on any atom is 0.421 e. The van der Waals surface area contributed by atoms with E-state index in [2.05, 4.69) is 15.3 Å². The molecule has 0 atom stereocenters. The molecule has 0 aliphatic rings. The topological polar surface area (TPSA) is 85.8 Å². The Kier molecular flexibility index (Phi) is 5.10. The summed E-state index contributed by atoms with van der Waals surface area (Å²) in [6.45, 7) is 1.92. The normalized spacial score (nSPS) is 11.6. The van der Waals surface area contributed by atoms with E-state index >= 15 is 0 Å². The van der Waals surface area contributed by atoms with Crippen LogP contribution in [0, 0.1) is 6.92 Å². The second kappa shape index (κ2) is 7.75. The van der Waals surface area contributed by atoms with Crippen molar-refractivity contribution in [3.8, 4) is 5.95 Å². The van der Waals surface area contributed by atoms with Gasteiger partial charge in [0.25, 0.3) is 0 Å². The number of nitrogens with one attached hydrogen (secondary N) is 1. The molecule has 31 heavy (non-hydrogen) atoms. The second-order valence-corrected chi connectivity index (χ2v) is 6.99. The monoisotopic (exact) mass is 425 g/mol. The van der Waals surface area contributed by atoms with Crippen molar-refractivity contribution in [2.75, 3.05) is 5.32 Å². The molecule has 6 nitrogen and oxygen atoms in total. The Bertz CT molecular complexity index is 1270. The summed E-state index contributed by atoms with van der Waals surface area (Å²) in [6, 6.07) is 15.7. The number of benzene rings is 2. The SMILES string of the molecule is Cc1cc2c(C(N)=O)cccc2n1-c1ncc(C(F)(F)F)c(NCc2ccccc2)n1. The zero-order valence-corrected chi connectivity index (χ0v) is 16.4. The number of alkyl halides is 3. The molecule has 1 amide bonds. The molecule has 0 aliphatic heterocycles. The number of rotatable bonds is 5. The number of hydrogen-bond acceptors (Lipinski definition) is 4. The first-order chi connectivity index (χ1) is 14.8. The van der Waals surface area contributed by atoms with E-state index in [1.165, 1.54) is 0 Å². The van der Waals surface area contributed by atoms with Crippen LogP contribution in [0.2, 0.25) is 0 Å². The molecule has 0 fully saturated rings. The van der Waals surface area contributed by atoms with Crippen molar-refractivity contribution in [3.63, 3.8) is 0 Å². The molecule has 0 radical (unpaired) electrons. The summed E-state index contributed by atoms with van der Waals surface area (Å²) >= 11 is 0. The summed E-state index contributed by atoms with van der Waals surface area (Å²) in [7, 11) is 0. The first kappa shape index (κ1) is 20.4. The van der Waals surface area contributed by atoms with Crippen molar-refractivity contribution in [3.05, 3.63) is 83.2 Å². The molecule has 9 heteroatoms. The molecule has 0 unspecified atom stereocenters. The van der Waals surface area contributed by atoms with Gasteiger partial charge in [0.15, 0.2) is 0 Å². The number of nitrogens with two attached hydrogens (primary N) is 1. The Hall–Kier alpha value is -3.88. The number of anilines is 1. The Balaban J connectivity index is 1.82. The fourth-order valence-electron chi connectivity index (χ4n) is 3.45. The van der Waals surface area contributed by atoms with Gasteiger partial charge in [-0.2, -0.15) is 18.2 Å². The highest BCUT2D eigenvalue weighted by Crippen LogP contribution is 2.34. The van der Waals surface area contributed by atoms with Gasteiger partial charge in [0.05, 0.1) is 5.52 Å². The molecule has 4 rings (SSSR count). The van der Waals surface area contributed by atoms with Crippen LogP contribution >= 0.6 is 0 Å². The summed E-state index contributed by atoms with van der Waals surface area (Å²) in [4.78, 5) is 19.9. The quantitative estimate of drug-likeness (QED) is 0.494. The van der Waals surface area contributed by atoms with Gasteiger partial charge in [-0.25, -0.2) is 4.98 Å². The molecule has 4 aromatic rings. The van der Waals surface area contributed by atoms with Crippen molar-refractivity contribution < 1.29 is 18.0 Å². The van der Waals surface area contributed by atoms with Crippen LogP contribution in [0.5, 0.6) is 0 Å². The summed E-state index contributed by atoms with van der Waals surface area (Å²) in [5.74, 6) is -0.868. The smallest absolute Gasteiger partial charge is 0.366 e. The van der Waals surface area contributed by atoms with E-state index in [0.29, 0.717) is 22.2 Å². The van der Waals surface area contributed by atoms with Gasteiger partial charge >= 0.3 is 6.18 Å². The van der Waals surface area contributed by atoms with E-state index in [0.717, 1.165) is 11.8 Å². The minimum Gasteiger partial charge on any atom is -0.366 e. The van der Waals surface area contributed by atoms with Gasteiger partial charge in [0, 0.05) is 29.4 Å². The molecule has 158 valence electrons. The van der Waals surface area contributed by atoms with Crippen molar-refractivity contribution in [2.24, 2.45) is 5.73 Å². The summed E-state index contributed by atoms with van der Waals surface area (Å²) in [6.07, 6.45) is -3.86. The third-order valence-corrected chi connectivity index (χ3v) is 4.88. The van der Waals surface area contributed by atoms with Gasteiger partial charge in [0.2, 0.25) is 11.9 Å². The van der Waals surface area contributed by atoms with Gasteiger partial charge in [-0.15, -0.1) is 0 Å². The van der Waals surface area contributed by atoms with Gasteiger partial charge in [-0.1, -0.05) is 36.4 Å². The molecule has 0 bridgehead atoms. The number of amides is 1. The lowest BCUT2D eigenvalue weighted by atomic mass is 10.1. The van der Waals surface area contributed by atoms with Crippen molar-refractivity contribution in [2.45, 2.75) is 19.6 Å². The molecular weight excluding hydrogens is 407 g/mol. The summed E-state index contributed by atoms with van der Waals surface area (Å²) < 4.78 is 42.2. The second-order valence-electron chi connectivity index (χ2n) is 6.99. The largest absolute Gasteiger partial charge is 0.421 e. The van der Waals surface area contributed by atoms with Crippen molar-refractivity contribution in [1.82, 2.24) is 14.5 Å². The lowest BCUT2D eigenvalue weighted by molar-refractivity contribution is -0.137. The van der Waals surface area contributed by atoms with E-state index in [-0.39, 0.29) is 18.3 Å². The molecule has 0 aliphatic carbocycles. The number of primary amides is 1. The highest BCUT2D eigenvalue weighted by molar-refractivity contribution is 6.06. The molecule has 3 N–H and O–H groups in total. The van der Waals surface area contributed by atoms with Crippen molar-refractivity contribution in [1.29, 1.82) is 0 Å². The third-order valence-electron chi connectivity index (χ3n) is 4.88. The predicted molar refractivity (Wildman–Crippen MR) is 111 cm³/mol. The first-order valence-corrected chi connectivity index (χ1v) is 9.39. The summed E-state index contributed by atoms with van der Waals surface area (Å²) in [5, 5.41) is 3.36. The van der Waals surface area contributed by atoms with Crippen LogP contribution in [0.1, 0.15) is 27.2 Å². The first-order valence-electron chi connectivity index (χ1n) is 9.39. The van der Waals surface area contributed by atoms with Crippen LogP contribution < -0.4 is 11.1 Å². The highest BCUT2D eigenvalue weighted by Gasteiger charge is 2.35. The Labute approximate surface area is 175 Å². The fraction of sp³-hybridized carbons (Fsp3) is 0.136. The molecular formula is C22H18F3N5O. The number of fused-ring (bicyclic) bond motifs is 1. The maximum atomic E-state index is 13.5. The van der Waals surface area contributed by atoms with Gasteiger partial charge < -0.3 is 11.1 Å². The fourth-order valence-corrected chi connectivity index (χ4v) is 3.45. The van der Waals surface area contributed by atoms with Gasteiger partial charge in [0.1, 0.15) is 11.4 Å². The number of carbonyl (C=O) groups is 1. The van der Waals surface area contributed by atoms with E-state index in [4.69, 9.17) is 5.73 Å². The Morgan fingerprint density at radius 3 is 2.55 bits per heavy atom. The molecule has 2 heterocycles. The lowest BCUT2D eigenvalue weighted by Gasteiger charge is -2.15. The van der Waals surface area contributed by atoms with E-state index in [1.807, 2.05) is 6.07 Å². The molecule has 0 spiro atoms. The zero-order chi connectivity index (χ0) is 22.2. The standard InChI is InChI=1S/C22H18F3N5O/c1-13-10-16-15(19(26)31)8-5-9-18(16)30(13)21-28-12-17(22(23,24)25)20(29-21)27-11-14-6-3-2-4-7-14/h2-10,12H,11H2,1H3,(H2,26,31)(H,27,28,29). The van der Waals surface area contributed by atoms with Crippen LogP contribution in [0.3, 0.4) is 0 Å². The number of hydrogen-bond donors (Lipinski definition) is 2.